The predicted octanol–water partition coefficient (Wildman–Crippen LogP) is 4.23. The lowest BCUT2D eigenvalue weighted by atomic mass is 9.85. The zero-order valence-electron chi connectivity index (χ0n) is 21.0. The summed E-state index contributed by atoms with van der Waals surface area (Å²) in [6.45, 7) is 4.65. The number of hydrogen-bond acceptors (Lipinski definition) is 3. The highest BCUT2D eigenvalue weighted by Gasteiger charge is 2.29. The second-order valence-electron chi connectivity index (χ2n) is 9.35. The van der Waals surface area contributed by atoms with Crippen LogP contribution in [0.15, 0.2) is 54.1 Å². The smallest absolute Gasteiger partial charge is 0.316 e. The van der Waals surface area contributed by atoms with Gasteiger partial charge in [0, 0.05) is 40.3 Å². The van der Waals surface area contributed by atoms with Crippen molar-refractivity contribution >= 4 is 29.7 Å². The Morgan fingerprint density at radius 2 is 1.49 bits per heavy atom. The number of amides is 3. The Hall–Kier alpha value is -3.38. The Balaban J connectivity index is 1.56. The molecule has 4 rings (SSSR count). The average Bonchev–Trinajstić information content (AvgIpc) is 3.04. The molecule has 0 saturated carbocycles. The zero-order valence-corrected chi connectivity index (χ0v) is 21.0. The molecule has 1 unspecified atom stereocenters. The molecule has 1 aliphatic heterocycles. The molecule has 2 aliphatic rings. The lowest BCUT2D eigenvalue weighted by Gasteiger charge is -2.36. The highest BCUT2D eigenvalue weighted by molar-refractivity contribution is 5.95. The van der Waals surface area contributed by atoms with Gasteiger partial charge in [-0.05, 0) is 54.0 Å². The molecule has 3 amide bonds. The van der Waals surface area contributed by atoms with Gasteiger partial charge in [-0.15, -0.1) is 0 Å². The van der Waals surface area contributed by atoms with Crippen LogP contribution in [0.2, 0.25) is 0 Å². The van der Waals surface area contributed by atoms with Crippen molar-refractivity contribution in [2.45, 2.75) is 32.2 Å². The number of likely N-dealkylation sites (tertiary alicyclic amines) is 1. The summed E-state index contributed by atoms with van der Waals surface area (Å²) >= 11 is 0. The fraction of sp³-hybridized carbons (Fsp3) is 0.379. The van der Waals surface area contributed by atoms with Crippen molar-refractivity contribution in [3.8, 4) is 0 Å². The number of fused-ring (bicyclic) bond motifs is 2. The van der Waals surface area contributed by atoms with Gasteiger partial charge in [-0.3, -0.25) is 9.69 Å². The van der Waals surface area contributed by atoms with E-state index in [0.717, 1.165) is 25.9 Å². The van der Waals surface area contributed by atoms with Crippen molar-refractivity contribution in [2.24, 2.45) is 0 Å². The molecule has 2 N–H and O–H groups in total. The lowest BCUT2D eigenvalue weighted by Crippen LogP contribution is -2.50. The van der Waals surface area contributed by atoms with E-state index in [9.17, 15) is 9.59 Å². The quantitative estimate of drug-likeness (QED) is 0.564. The van der Waals surface area contributed by atoms with Gasteiger partial charge in [0.25, 0.3) is 0 Å². The van der Waals surface area contributed by atoms with E-state index in [4.69, 9.17) is 0 Å². The summed E-state index contributed by atoms with van der Waals surface area (Å²) in [4.78, 5) is 28.6. The molecule has 35 heavy (non-hydrogen) atoms. The predicted molar refractivity (Wildman–Crippen MR) is 143 cm³/mol. The SMILES string of the molecule is CCNC(=O)C(CCNC(=O)N(C)C)N1CCC(=C2c3ccccc3C=Cc3ccccc32)CC1. The van der Waals surface area contributed by atoms with Crippen molar-refractivity contribution in [3.63, 3.8) is 0 Å². The minimum atomic E-state index is -0.251. The van der Waals surface area contributed by atoms with Crippen LogP contribution >= 0.6 is 0 Å². The van der Waals surface area contributed by atoms with Gasteiger partial charge >= 0.3 is 6.03 Å². The van der Waals surface area contributed by atoms with Gasteiger partial charge in [0.05, 0.1) is 6.04 Å². The Bertz CT molecular complexity index is 1070. The first-order valence-corrected chi connectivity index (χ1v) is 12.6. The Labute approximate surface area is 208 Å². The van der Waals surface area contributed by atoms with E-state index in [0.29, 0.717) is 19.5 Å². The molecule has 1 atom stereocenters. The topological polar surface area (TPSA) is 64.7 Å². The fourth-order valence-corrected chi connectivity index (χ4v) is 5.05. The Morgan fingerprint density at radius 1 is 0.914 bits per heavy atom. The molecule has 184 valence electrons. The summed E-state index contributed by atoms with van der Waals surface area (Å²) in [5, 5.41) is 5.89. The van der Waals surface area contributed by atoms with Crippen LogP contribution in [0.1, 0.15) is 48.4 Å². The molecule has 1 heterocycles. The van der Waals surface area contributed by atoms with Crippen LogP contribution in [-0.4, -0.2) is 68.1 Å². The standard InChI is InChI=1S/C29H36N4O2/c1-4-30-28(34)26(15-18-31-29(35)32(2)3)33-19-16-23(17-20-33)27-24-11-7-5-9-21(24)13-14-22-10-6-8-12-25(22)27/h5-14,26H,4,15-20H2,1-3H3,(H,30,34)(H,31,35). The van der Waals surface area contributed by atoms with Gasteiger partial charge in [-0.2, -0.15) is 0 Å². The number of rotatable bonds is 6. The van der Waals surface area contributed by atoms with Crippen molar-refractivity contribution in [3.05, 3.63) is 76.4 Å². The number of nitrogens with zero attached hydrogens (tertiary/aromatic N) is 2. The van der Waals surface area contributed by atoms with E-state index in [2.05, 4.69) is 76.2 Å². The zero-order chi connectivity index (χ0) is 24.8. The molecule has 1 fully saturated rings. The van der Waals surface area contributed by atoms with Crippen LogP contribution in [0.3, 0.4) is 0 Å². The first-order valence-electron chi connectivity index (χ1n) is 12.6. The molecule has 0 aromatic heterocycles. The third kappa shape index (κ3) is 5.65. The lowest BCUT2D eigenvalue weighted by molar-refractivity contribution is -0.126. The van der Waals surface area contributed by atoms with E-state index < -0.39 is 0 Å². The number of piperidine rings is 1. The van der Waals surface area contributed by atoms with Crippen molar-refractivity contribution < 1.29 is 9.59 Å². The van der Waals surface area contributed by atoms with Gasteiger partial charge in [0.15, 0.2) is 0 Å². The van der Waals surface area contributed by atoms with Crippen LogP contribution in [0, 0.1) is 0 Å². The van der Waals surface area contributed by atoms with Crippen LogP contribution in [-0.2, 0) is 4.79 Å². The van der Waals surface area contributed by atoms with E-state index in [-0.39, 0.29) is 18.0 Å². The minimum Gasteiger partial charge on any atom is -0.355 e. The molecule has 2 aromatic rings. The third-order valence-corrected chi connectivity index (χ3v) is 6.85. The maximum atomic E-state index is 12.9. The normalized spacial score (nSPS) is 16.1. The van der Waals surface area contributed by atoms with Gasteiger partial charge in [-0.25, -0.2) is 4.79 Å². The molecule has 6 nitrogen and oxygen atoms in total. The molecule has 0 spiro atoms. The Morgan fingerprint density at radius 3 is 2.03 bits per heavy atom. The largest absolute Gasteiger partial charge is 0.355 e. The van der Waals surface area contributed by atoms with Crippen molar-refractivity contribution in [2.75, 3.05) is 40.3 Å². The molecule has 2 aromatic carbocycles. The first-order chi connectivity index (χ1) is 17.0. The summed E-state index contributed by atoms with van der Waals surface area (Å²) in [7, 11) is 3.44. The van der Waals surface area contributed by atoms with Crippen LogP contribution in [0.5, 0.6) is 0 Å². The highest BCUT2D eigenvalue weighted by atomic mass is 16.2. The maximum absolute atomic E-state index is 12.9. The summed E-state index contributed by atoms with van der Waals surface area (Å²) in [6, 6.07) is 16.8. The maximum Gasteiger partial charge on any atom is 0.316 e. The number of likely N-dealkylation sites (N-methyl/N-ethyl adjacent to an activating group) is 1. The van der Waals surface area contributed by atoms with Crippen LogP contribution < -0.4 is 10.6 Å². The van der Waals surface area contributed by atoms with Crippen LogP contribution in [0.4, 0.5) is 4.79 Å². The van der Waals surface area contributed by atoms with E-state index in [1.165, 1.54) is 38.3 Å². The molecule has 6 heteroatoms. The van der Waals surface area contributed by atoms with E-state index in [1.54, 1.807) is 14.1 Å². The Kier molecular flexibility index (Phi) is 8.03. The number of carbonyl (C=O) groups is 2. The van der Waals surface area contributed by atoms with Gasteiger partial charge in [-0.1, -0.05) is 66.3 Å². The molecular formula is C29H36N4O2. The summed E-state index contributed by atoms with van der Waals surface area (Å²) in [6.07, 6.45) is 6.84. The number of nitrogens with one attached hydrogen (secondary N) is 2. The van der Waals surface area contributed by atoms with Gasteiger partial charge in [0.2, 0.25) is 5.91 Å². The second kappa shape index (κ2) is 11.4. The fourth-order valence-electron chi connectivity index (χ4n) is 5.05. The van der Waals surface area contributed by atoms with E-state index >= 15 is 0 Å². The molecular weight excluding hydrogens is 436 g/mol. The summed E-state index contributed by atoms with van der Waals surface area (Å²) in [5.41, 5.74) is 7.83. The van der Waals surface area contributed by atoms with Gasteiger partial charge in [0.1, 0.15) is 0 Å². The number of hydrogen-bond donors (Lipinski definition) is 2. The third-order valence-electron chi connectivity index (χ3n) is 6.85. The first kappa shape index (κ1) is 24.7. The minimum absolute atomic E-state index is 0.0389. The molecule has 0 bridgehead atoms. The number of carbonyl (C=O) groups excluding carboxylic acids is 2. The molecule has 1 saturated heterocycles. The number of urea groups is 1. The number of benzene rings is 2. The average molecular weight is 473 g/mol. The van der Waals surface area contributed by atoms with Crippen molar-refractivity contribution in [1.29, 1.82) is 0 Å². The molecule has 1 aliphatic carbocycles. The summed E-state index contributed by atoms with van der Waals surface area (Å²) < 4.78 is 0. The van der Waals surface area contributed by atoms with Crippen molar-refractivity contribution in [1.82, 2.24) is 20.4 Å². The van der Waals surface area contributed by atoms with Gasteiger partial charge < -0.3 is 15.5 Å². The second-order valence-corrected chi connectivity index (χ2v) is 9.35. The monoisotopic (exact) mass is 472 g/mol. The van der Waals surface area contributed by atoms with E-state index in [1.807, 2.05) is 6.92 Å². The summed E-state index contributed by atoms with van der Waals surface area (Å²) in [5.74, 6) is 0.0389. The van der Waals surface area contributed by atoms with Crippen LogP contribution in [0.25, 0.3) is 17.7 Å². The molecule has 0 radical (unpaired) electrons. The highest BCUT2D eigenvalue weighted by Crippen LogP contribution is 2.38.